The fourth-order valence-corrected chi connectivity index (χ4v) is 2.88. The predicted molar refractivity (Wildman–Crippen MR) is 92.1 cm³/mol. The summed E-state index contributed by atoms with van der Waals surface area (Å²) in [4.78, 5) is 23.2. The summed E-state index contributed by atoms with van der Waals surface area (Å²) in [5.41, 5.74) is 0.672. The van der Waals surface area contributed by atoms with Crippen LogP contribution in [0.4, 0.5) is 4.79 Å². The van der Waals surface area contributed by atoms with Gasteiger partial charge in [0.05, 0.1) is 15.0 Å². The minimum absolute atomic E-state index is 0.320. The first-order chi connectivity index (χ1) is 11.0. The van der Waals surface area contributed by atoms with Crippen LogP contribution in [-0.2, 0) is 4.79 Å². The molecule has 0 spiro atoms. The van der Waals surface area contributed by atoms with Crippen LogP contribution in [0.3, 0.4) is 0 Å². The fraction of sp³-hybridized carbons (Fsp3) is 0. The normalized spacial score (nSPS) is 15.8. The van der Waals surface area contributed by atoms with Crippen LogP contribution in [0.5, 0.6) is 11.5 Å². The van der Waals surface area contributed by atoms with Crippen LogP contribution in [0.1, 0.15) is 5.56 Å². The standard InChI is InChI=1S/C16H9Cl2NO3S/c17-11-6-5-10(8-12(11)18)22-13-4-2-1-3-9(13)7-14-15(20)19-16(21)23-14/h1-8H,(H,19,20,21)/b14-7-. The fourth-order valence-electron chi connectivity index (χ4n) is 1.92. The van der Waals surface area contributed by atoms with Crippen molar-refractivity contribution in [2.75, 3.05) is 0 Å². The van der Waals surface area contributed by atoms with Crippen molar-refractivity contribution in [2.45, 2.75) is 0 Å². The van der Waals surface area contributed by atoms with Crippen molar-refractivity contribution in [2.24, 2.45) is 0 Å². The molecule has 23 heavy (non-hydrogen) atoms. The van der Waals surface area contributed by atoms with Gasteiger partial charge in [-0.05, 0) is 36.0 Å². The van der Waals surface area contributed by atoms with Gasteiger partial charge in [-0.25, -0.2) is 0 Å². The van der Waals surface area contributed by atoms with Crippen LogP contribution in [0.2, 0.25) is 10.0 Å². The monoisotopic (exact) mass is 365 g/mol. The number of benzene rings is 2. The zero-order chi connectivity index (χ0) is 16.4. The van der Waals surface area contributed by atoms with Gasteiger partial charge >= 0.3 is 0 Å². The molecule has 0 radical (unpaired) electrons. The van der Waals surface area contributed by atoms with Crippen LogP contribution >= 0.6 is 35.0 Å². The molecule has 0 saturated carbocycles. The first kappa shape index (κ1) is 15.9. The number of amides is 2. The highest BCUT2D eigenvalue weighted by Gasteiger charge is 2.25. The highest BCUT2D eigenvalue weighted by Crippen LogP contribution is 2.33. The average molecular weight is 366 g/mol. The van der Waals surface area contributed by atoms with E-state index in [1.165, 1.54) is 0 Å². The number of carbonyl (C=O) groups excluding carboxylic acids is 2. The third-order valence-corrected chi connectivity index (χ3v) is 4.52. The molecule has 2 aromatic carbocycles. The molecule has 0 atom stereocenters. The Balaban J connectivity index is 1.92. The molecule has 1 heterocycles. The molecule has 0 bridgehead atoms. The number of rotatable bonds is 3. The molecule has 3 rings (SSSR count). The van der Waals surface area contributed by atoms with E-state index < -0.39 is 5.91 Å². The molecule has 4 nitrogen and oxygen atoms in total. The maximum absolute atomic E-state index is 11.6. The molecule has 0 aliphatic carbocycles. The van der Waals surface area contributed by atoms with Gasteiger partial charge < -0.3 is 4.74 Å². The van der Waals surface area contributed by atoms with E-state index >= 15 is 0 Å². The van der Waals surface area contributed by atoms with Crippen molar-refractivity contribution >= 4 is 52.2 Å². The van der Waals surface area contributed by atoms with Gasteiger partial charge in [-0.3, -0.25) is 14.9 Å². The Bertz CT molecular complexity index is 836. The number of carbonyl (C=O) groups is 2. The highest BCUT2D eigenvalue weighted by atomic mass is 35.5. The number of halogens is 2. The number of imide groups is 1. The maximum atomic E-state index is 11.6. The van der Waals surface area contributed by atoms with Crippen LogP contribution < -0.4 is 10.1 Å². The Labute approximate surface area is 146 Å². The number of hydrogen-bond acceptors (Lipinski definition) is 4. The lowest BCUT2D eigenvalue weighted by atomic mass is 10.2. The molecule has 1 aliphatic heterocycles. The van der Waals surface area contributed by atoms with Gasteiger partial charge in [0.25, 0.3) is 11.1 Å². The summed E-state index contributed by atoms with van der Waals surface area (Å²) in [5, 5.41) is 2.65. The molecule has 2 amide bonds. The number of hydrogen-bond donors (Lipinski definition) is 1. The second-order valence-corrected chi connectivity index (χ2v) is 6.40. The number of ether oxygens (including phenoxy) is 1. The van der Waals surface area contributed by atoms with Gasteiger partial charge in [0.2, 0.25) is 0 Å². The summed E-state index contributed by atoms with van der Waals surface area (Å²) in [6.07, 6.45) is 1.61. The zero-order valence-electron chi connectivity index (χ0n) is 11.5. The number of thioether (sulfide) groups is 1. The molecule has 1 aliphatic rings. The van der Waals surface area contributed by atoms with Crippen molar-refractivity contribution in [3.8, 4) is 11.5 Å². The van der Waals surface area contributed by atoms with Crippen molar-refractivity contribution < 1.29 is 14.3 Å². The molecule has 1 fully saturated rings. The minimum Gasteiger partial charge on any atom is -0.457 e. The first-order valence-electron chi connectivity index (χ1n) is 6.50. The van der Waals surface area contributed by atoms with Crippen LogP contribution in [-0.4, -0.2) is 11.1 Å². The second-order valence-electron chi connectivity index (χ2n) is 4.57. The van der Waals surface area contributed by atoms with Gasteiger partial charge in [0, 0.05) is 11.6 Å². The molecule has 0 aromatic heterocycles. The second kappa shape index (κ2) is 6.66. The summed E-state index contributed by atoms with van der Waals surface area (Å²) in [6.45, 7) is 0. The summed E-state index contributed by atoms with van der Waals surface area (Å²) in [7, 11) is 0. The average Bonchev–Trinajstić information content (AvgIpc) is 2.83. The SMILES string of the molecule is O=C1NC(=O)/C(=C/c2ccccc2Oc2ccc(Cl)c(Cl)c2)S1. The van der Waals surface area contributed by atoms with E-state index in [1.54, 1.807) is 36.4 Å². The summed E-state index contributed by atoms with van der Waals surface area (Å²) < 4.78 is 5.80. The third kappa shape index (κ3) is 3.69. The van der Waals surface area contributed by atoms with E-state index in [2.05, 4.69) is 5.32 Å². The van der Waals surface area contributed by atoms with E-state index in [0.29, 0.717) is 32.0 Å². The quantitative estimate of drug-likeness (QED) is 0.767. The smallest absolute Gasteiger partial charge is 0.290 e. The molecule has 1 N–H and O–H groups in total. The lowest BCUT2D eigenvalue weighted by Crippen LogP contribution is -2.17. The van der Waals surface area contributed by atoms with E-state index in [4.69, 9.17) is 27.9 Å². The van der Waals surface area contributed by atoms with E-state index in [0.717, 1.165) is 11.8 Å². The number of para-hydroxylation sites is 1. The van der Waals surface area contributed by atoms with E-state index in [1.807, 2.05) is 12.1 Å². The Morgan fingerprint density at radius 2 is 1.83 bits per heavy atom. The van der Waals surface area contributed by atoms with Crippen LogP contribution in [0.15, 0.2) is 47.4 Å². The van der Waals surface area contributed by atoms with Gasteiger partial charge in [0.15, 0.2) is 0 Å². The summed E-state index contributed by atoms with van der Waals surface area (Å²) in [6, 6.07) is 12.1. The van der Waals surface area contributed by atoms with E-state index in [9.17, 15) is 9.59 Å². The Morgan fingerprint density at radius 3 is 2.52 bits per heavy atom. The number of nitrogens with one attached hydrogen (secondary N) is 1. The minimum atomic E-state index is -0.413. The van der Waals surface area contributed by atoms with Crippen LogP contribution in [0.25, 0.3) is 6.08 Å². The topological polar surface area (TPSA) is 55.4 Å². The molecule has 116 valence electrons. The van der Waals surface area contributed by atoms with Crippen LogP contribution in [0, 0.1) is 0 Å². The third-order valence-electron chi connectivity index (χ3n) is 2.97. The lowest BCUT2D eigenvalue weighted by Gasteiger charge is -2.09. The van der Waals surface area contributed by atoms with Gasteiger partial charge in [-0.2, -0.15) is 0 Å². The van der Waals surface area contributed by atoms with Crippen molar-refractivity contribution in [3.63, 3.8) is 0 Å². The Hall–Kier alpha value is -1.95. The lowest BCUT2D eigenvalue weighted by molar-refractivity contribution is -0.115. The molecule has 0 unspecified atom stereocenters. The largest absolute Gasteiger partial charge is 0.457 e. The van der Waals surface area contributed by atoms with Crippen molar-refractivity contribution in [3.05, 3.63) is 63.0 Å². The van der Waals surface area contributed by atoms with Gasteiger partial charge in [-0.15, -0.1) is 0 Å². The molecule has 2 aromatic rings. The molecule has 7 heteroatoms. The molecular formula is C16H9Cl2NO3S. The molecule has 1 saturated heterocycles. The zero-order valence-corrected chi connectivity index (χ0v) is 13.8. The maximum Gasteiger partial charge on any atom is 0.290 e. The predicted octanol–water partition coefficient (Wildman–Crippen LogP) is 5.11. The Kier molecular flexibility index (Phi) is 4.61. The van der Waals surface area contributed by atoms with Crippen molar-refractivity contribution in [1.82, 2.24) is 5.32 Å². The molecular weight excluding hydrogens is 357 g/mol. The van der Waals surface area contributed by atoms with Gasteiger partial charge in [0.1, 0.15) is 11.5 Å². The summed E-state index contributed by atoms with van der Waals surface area (Å²) in [5.74, 6) is 0.639. The highest BCUT2D eigenvalue weighted by molar-refractivity contribution is 8.18. The first-order valence-corrected chi connectivity index (χ1v) is 8.07. The Morgan fingerprint density at radius 1 is 1.04 bits per heavy atom. The summed E-state index contributed by atoms with van der Waals surface area (Å²) >= 11 is 12.7. The van der Waals surface area contributed by atoms with Crippen molar-refractivity contribution in [1.29, 1.82) is 0 Å². The van der Waals surface area contributed by atoms with E-state index in [-0.39, 0.29) is 5.24 Å². The van der Waals surface area contributed by atoms with Gasteiger partial charge in [-0.1, -0.05) is 41.4 Å².